The third-order valence-electron chi connectivity index (χ3n) is 4.85. The zero-order valence-electron chi connectivity index (χ0n) is 14.9. The fourth-order valence-electron chi connectivity index (χ4n) is 3.48. The summed E-state index contributed by atoms with van der Waals surface area (Å²) in [5.41, 5.74) is 4.93. The van der Waals surface area contributed by atoms with Gasteiger partial charge in [-0.2, -0.15) is 10.2 Å². The van der Waals surface area contributed by atoms with Crippen LogP contribution in [0.5, 0.6) is 11.5 Å². The van der Waals surface area contributed by atoms with E-state index >= 15 is 0 Å². The van der Waals surface area contributed by atoms with Gasteiger partial charge in [-0.15, -0.1) is 0 Å². The second kappa shape index (κ2) is 6.72. The molecule has 0 fully saturated rings. The van der Waals surface area contributed by atoms with Crippen LogP contribution in [0.15, 0.2) is 48.7 Å². The molecule has 0 atom stereocenters. The van der Waals surface area contributed by atoms with Crippen molar-refractivity contribution in [1.82, 2.24) is 10.2 Å². The minimum atomic E-state index is -0.281. The summed E-state index contributed by atoms with van der Waals surface area (Å²) in [6, 6.07) is 11.9. The molecule has 1 aliphatic heterocycles. The highest BCUT2D eigenvalue weighted by atomic mass is 16.3. The molecule has 1 aromatic heterocycles. The molecule has 2 heterocycles. The molecule has 0 bridgehead atoms. The van der Waals surface area contributed by atoms with Crippen molar-refractivity contribution >= 4 is 11.6 Å². The van der Waals surface area contributed by atoms with Gasteiger partial charge in [0.1, 0.15) is 11.5 Å². The predicted octanol–water partition coefficient (Wildman–Crippen LogP) is 3.46. The summed E-state index contributed by atoms with van der Waals surface area (Å²) >= 11 is 0. The van der Waals surface area contributed by atoms with Gasteiger partial charge in [0.2, 0.25) is 0 Å². The van der Waals surface area contributed by atoms with E-state index in [9.17, 15) is 15.0 Å². The van der Waals surface area contributed by atoms with E-state index in [1.54, 1.807) is 11.1 Å². The Morgan fingerprint density at radius 2 is 1.96 bits per heavy atom. The summed E-state index contributed by atoms with van der Waals surface area (Å²) in [4.78, 5) is 14.6. The number of rotatable bonds is 2. The number of phenols is 2. The maximum absolute atomic E-state index is 13.0. The summed E-state index contributed by atoms with van der Waals surface area (Å²) < 4.78 is 0. The van der Waals surface area contributed by atoms with Crippen LogP contribution in [-0.4, -0.2) is 32.9 Å². The van der Waals surface area contributed by atoms with Crippen LogP contribution in [0.2, 0.25) is 0 Å². The van der Waals surface area contributed by atoms with E-state index in [0.717, 1.165) is 40.9 Å². The smallest absolute Gasteiger partial charge is 0.262 e. The van der Waals surface area contributed by atoms with Crippen LogP contribution in [0.3, 0.4) is 0 Å². The van der Waals surface area contributed by atoms with Gasteiger partial charge in [0, 0.05) is 30.1 Å². The molecule has 136 valence electrons. The van der Waals surface area contributed by atoms with E-state index in [1.165, 1.54) is 18.2 Å². The molecule has 0 spiro atoms. The number of anilines is 1. The van der Waals surface area contributed by atoms with Gasteiger partial charge in [0.15, 0.2) is 0 Å². The van der Waals surface area contributed by atoms with Gasteiger partial charge < -0.3 is 15.1 Å². The van der Waals surface area contributed by atoms with Gasteiger partial charge in [0.05, 0.1) is 11.3 Å². The number of aryl methyl sites for hydroxylation is 2. The van der Waals surface area contributed by atoms with Crippen molar-refractivity contribution < 1.29 is 15.0 Å². The number of benzene rings is 2. The van der Waals surface area contributed by atoms with E-state index in [1.807, 2.05) is 25.1 Å². The Labute approximate surface area is 156 Å². The quantitative estimate of drug-likeness (QED) is 0.730. The Bertz CT molecular complexity index is 1030. The number of hydrogen-bond acceptors (Lipinski definition) is 5. The largest absolute Gasteiger partial charge is 0.508 e. The molecule has 0 radical (unpaired) electrons. The van der Waals surface area contributed by atoms with E-state index in [0.29, 0.717) is 6.54 Å². The molecular formula is C21H19N3O3. The molecule has 0 saturated carbocycles. The van der Waals surface area contributed by atoms with Crippen molar-refractivity contribution in [3.05, 3.63) is 65.4 Å². The van der Waals surface area contributed by atoms with Crippen LogP contribution in [-0.2, 0) is 6.42 Å². The van der Waals surface area contributed by atoms with Crippen molar-refractivity contribution in [2.24, 2.45) is 0 Å². The topological polar surface area (TPSA) is 86.6 Å². The Morgan fingerprint density at radius 1 is 1.11 bits per heavy atom. The Kier molecular flexibility index (Phi) is 4.24. The van der Waals surface area contributed by atoms with Crippen LogP contribution in [0.25, 0.3) is 11.3 Å². The average molecular weight is 361 g/mol. The minimum absolute atomic E-state index is 0.0768. The van der Waals surface area contributed by atoms with Crippen molar-refractivity contribution in [2.45, 2.75) is 19.8 Å². The summed E-state index contributed by atoms with van der Waals surface area (Å²) in [6.07, 6.45) is 3.37. The van der Waals surface area contributed by atoms with Crippen LogP contribution in [0.4, 0.5) is 5.69 Å². The monoisotopic (exact) mass is 361 g/mol. The fraction of sp³-hybridized carbons (Fsp3) is 0.190. The molecule has 3 aromatic rings. The number of aromatic hydroxyl groups is 2. The molecule has 2 aromatic carbocycles. The highest BCUT2D eigenvalue weighted by Gasteiger charge is 2.26. The summed E-state index contributed by atoms with van der Waals surface area (Å²) in [6.45, 7) is 2.57. The number of fused-ring (bicyclic) bond motifs is 1. The van der Waals surface area contributed by atoms with E-state index in [4.69, 9.17) is 0 Å². The van der Waals surface area contributed by atoms with Crippen molar-refractivity contribution in [3.8, 4) is 22.8 Å². The SMILES string of the molecule is Cc1ccnnc1-c1ccc2c(c1)CCCN2C(=O)c1ccc(O)cc1O. The van der Waals surface area contributed by atoms with Gasteiger partial charge >= 0.3 is 0 Å². The number of carbonyl (C=O) groups excluding carboxylic acids is 1. The number of nitrogens with zero attached hydrogens (tertiary/aromatic N) is 3. The first-order valence-corrected chi connectivity index (χ1v) is 8.80. The second-order valence-electron chi connectivity index (χ2n) is 6.67. The summed E-state index contributed by atoms with van der Waals surface area (Å²) in [5, 5.41) is 27.7. The lowest BCUT2D eigenvalue weighted by Crippen LogP contribution is -2.35. The van der Waals surface area contributed by atoms with E-state index in [-0.39, 0.29) is 23.0 Å². The van der Waals surface area contributed by atoms with Crippen molar-refractivity contribution in [2.75, 3.05) is 11.4 Å². The van der Waals surface area contributed by atoms with Gasteiger partial charge in [-0.3, -0.25) is 4.79 Å². The molecule has 1 aliphatic rings. The van der Waals surface area contributed by atoms with Gasteiger partial charge in [-0.25, -0.2) is 0 Å². The molecule has 6 heteroatoms. The average Bonchev–Trinajstić information content (AvgIpc) is 2.67. The number of amides is 1. The molecule has 27 heavy (non-hydrogen) atoms. The number of hydrogen-bond donors (Lipinski definition) is 2. The second-order valence-corrected chi connectivity index (χ2v) is 6.67. The molecule has 0 unspecified atom stereocenters. The molecule has 6 nitrogen and oxygen atoms in total. The first kappa shape index (κ1) is 17.0. The lowest BCUT2D eigenvalue weighted by molar-refractivity contribution is 0.0982. The zero-order valence-corrected chi connectivity index (χ0v) is 14.9. The van der Waals surface area contributed by atoms with Gasteiger partial charge in [-0.05, 0) is 61.2 Å². The highest BCUT2D eigenvalue weighted by Crippen LogP contribution is 2.34. The first-order chi connectivity index (χ1) is 13.0. The normalized spacial score (nSPS) is 13.3. The van der Waals surface area contributed by atoms with E-state index in [2.05, 4.69) is 16.3 Å². The van der Waals surface area contributed by atoms with Crippen molar-refractivity contribution in [3.63, 3.8) is 0 Å². The lowest BCUT2D eigenvalue weighted by atomic mass is 9.96. The van der Waals surface area contributed by atoms with Crippen LogP contribution >= 0.6 is 0 Å². The highest BCUT2D eigenvalue weighted by molar-refractivity contribution is 6.08. The molecule has 2 N–H and O–H groups in total. The van der Waals surface area contributed by atoms with Crippen LogP contribution < -0.4 is 4.90 Å². The standard InChI is InChI=1S/C21H19N3O3/c1-13-8-9-22-23-20(13)15-4-7-18-14(11-15)3-2-10-24(18)21(27)17-6-5-16(25)12-19(17)26/h4-9,11-12,25-26H,2-3,10H2,1H3. The molecular weight excluding hydrogens is 342 g/mol. The lowest BCUT2D eigenvalue weighted by Gasteiger charge is -2.30. The van der Waals surface area contributed by atoms with E-state index < -0.39 is 0 Å². The zero-order chi connectivity index (χ0) is 19.0. The van der Waals surface area contributed by atoms with Gasteiger partial charge in [0.25, 0.3) is 5.91 Å². The summed E-state index contributed by atoms with van der Waals surface area (Å²) in [5.74, 6) is -0.581. The Hall–Kier alpha value is -3.41. The molecule has 1 amide bonds. The van der Waals surface area contributed by atoms with Crippen LogP contribution in [0, 0.1) is 6.92 Å². The predicted molar refractivity (Wildman–Crippen MR) is 102 cm³/mol. The fourth-order valence-corrected chi connectivity index (χ4v) is 3.48. The number of carbonyl (C=O) groups is 1. The molecule has 0 aliphatic carbocycles. The third-order valence-corrected chi connectivity index (χ3v) is 4.85. The Balaban J connectivity index is 1.72. The van der Waals surface area contributed by atoms with Crippen molar-refractivity contribution in [1.29, 1.82) is 0 Å². The van der Waals surface area contributed by atoms with Crippen LogP contribution in [0.1, 0.15) is 27.9 Å². The Morgan fingerprint density at radius 3 is 2.74 bits per heavy atom. The van der Waals surface area contributed by atoms with Gasteiger partial charge in [-0.1, -0.05) is 6.07 Å². The minimum Gasteiger partial charge on any atom is -0.508 e. The first-order valence-electron chi connectivity index (χ1n) is 8.80. The third kappa shape index (κ3) is 3.10. The number of aromatic nitrogens is 2. The summed E-state index contributed by atoms with van der Waals surface area (Å²) in [7, 11) is 0. The molecule has 0 saturated heterocycles. The number of phenolic OH excluding ortho intramolecular Hbond substituents is 2. The maximum atomic E-state index is 13.0. The maximum Gasteiger partial charge on any atom is 0.262 e. The molecule has 4 rings (SSSR count).